The molecule has 4 heteroatoms. The fraction of sp³-hybridized carbons (Fsp3) is 0.0303. The molecule has 0 fully saturated rings. The highest BCUT2D eigenvalue weighted by Crippen LogP contribution is 2.71. The Bertz CT molecular complexity index is 9220. The van der Waals surface area contributed by atoms with Gasteiger partial charge in [0.05, 0.1) is 54.8 Å². The first-order valence-electron chi connectivity index (χ1n) is 47.6. The van der Waals surface area contributed by atoms with E-state index in [0.29, 0.717) is 0 Å². The van der Waals surface area contributed by atoms with Crippen molar-refractivity contribution in [3.63, 3.8) is 0 Å². The topological polar surface area (TPSA) is 18.0 Å². The Morgan fingerprint density at radius 3 is 0.838 bits per heavy atom. The zero-order valence-electron chi connectivity index (χ0n) is 74.1. The average Bonchev–Trinajstić information content (AvgIpc) is 1.47. The molecule has 0 bridgehead atoms. The summed E-state index contributed by atoms with van der Waals surface area (Å²) in [5.41, 5.74) is 43.9. The van der Waals surface area contributed by atoms with E-state index in [9.17, 15) is 0 Å². The van der Waals surface area contributed by atoms with Gasteiger partial charge in [0, 0.05) is 77.6 Å². The number of nitrogens with zero attached hydrogens (tertiary/aromatic N) is 4. The molecular weight excluding hydrogens is 1640 g/mol. The molecule has 31 rings (SSSR count). The predicted octanol–water partition coefficient (Wildman–Crippen LogP) is 32.5. The molecule has 136 heavy (non-hydrogen) atoms. The first-order chi connectivity index (χ1) is 67.5. The fourth-order valence-electron chi connectivity index (χ4n) is 27.0. The van der Waals surface area contributed by atoms with Crippen molar-refractivity contribution in [2.45, 2.75) is 21.7 Å². The number of anilines is 3. The number of fused-ring (bicyclic) bond motifs is 47. The molecule has 630 valence electrons. The van der Waals surface area contributed by atoms with Crippen LogP contribution in [0, 0.1) is 0 Å². The number of rotatable bonds is 6. The van der Waals surface area contributed by atoms with Gasteiger partial charge in [0.1, 0.15) is 0 Å². The number of hydrogen-bond acceptors (Lipinski definition) is 1. The molecule has 6 aliphatic rings. The molecule has 6 aliphatic carbocycles. The molecule has 0 saturated carbocycles. The van der Waals surface area contributed by atoms with Crippen LogP contribution in [0.2, 0.25) is 0 Å². The van der Waals surface area contributed by atoms with E-state index in [1.807, 2.05) is 0 Å². The second-order valence-corrected chi connectivity index (χ2v) is 37.7. The number of para-hydroxylation sites is 4. The lowest BCUT2D eigenvalue weighted by Gasteiger charge is -2.48. The van der Waals surface area contributed by atoms with Gasteiger partial charge in [-0.2, -0.15) is 0 Å². The summed E-state index contributed by atoms with van der Waals surface area (Å²) in [4.78, 5) is 2.34. The molecule has 3 aromatic heterocycles. The van der Waals surface area contributed by atoms with Gasteiger partial charge in [-0.05, 0) is 241 Å². The molecule has 0 saturated heterocycles. The number of hydrogen-bond donors (Lipinski definition) is 0. The summed E-state index contributed by atoms with van der Waals surface area (Å²) in [5.74, 6) is 0. The van der Waals surface area contributed by atoms with E-state index in [2.05, 4.69) is 516 Å². The van der Waals surface area contributed by atoms with Crippen molar-refractivity contribution in [2.24, 2.45) is 0 Å². The molecular formula is C132H82N4. The van der Waals surface area contributed by atoms with Gasteiger partial charge < -0.3 is 18.6 Å². The maximum atomic E-state index is 2.60. The van der Waals surface area contributed by atoms with Crippen LogP contribution in [0.25, 0.3) is 149 Å². The Morgan fingerprint density at radius 1 is 0.154 bits per heavy atom. The second-order valence-electron chi connectivity index (χ2n) is 37.7. The zero-order valence-corrected chi connectivity index (χ0v) is 74.1. The first-order valence-corrected chi connectivity index (χ1v) is 47.6. The Hall–Kier alpha value is -17.4. The van der Waals surface area contributed by atoms with Gasteiger partial charge in [-0.15, -0.1) is 0 Å². The Kier molecular flexibility index (Phi) is 15.5. The van der Waals surface area contributed by atoms with Crippen LogP contribution in [0.5, 0.6) is 0 Å². The standard InChI is InChI=1S/C66H40N2.C66H42N2/c1-2-19-42(20-3-1)67-59-33-17-9-24-47(59)50-40-43(35-39-60(50)67)68-61-38-34-41-18-4-5-21-44(41)62(61)49-36-37-58-63(64(49)68)48-25-8-12-28-53(48)66(58)56-31-15-13-29-54(56)65(55-30-14-16-32-57(55)66)51-26-10-6-22-45(51)46-23-7-11-27-52(46)65;1-3-20-44(21-4-1)67(45-22-5-2-6-23-45)46-36-38-47(39-37-46)68-61-42-35-43-19-7-8-24-48(43)62(61)52-40-41-60-63(64(52)68)51-27-11-14-30-55(51)66(60)58-33-17-15-31-56(58)65(57-32-16-18-34-59(57)66)53-28-12-9-25-49(53)50-26-10-13-29-54(50)65/h1-40H;1-42H. The smallest absolute Gasteiger partial charge is 0.0720 e. The lowest BCUT2D eigenvalue weighted by Crippen LogP contribution is -2.43. The minimum atomic E-state index is -0.596. The minimum Gasteiger partial charge on any atom is -0.311 e. The van der Waals surface area contributed by atoms with Crippen LogP contribution in [0.15, 0.2) is 497 Å². The van der Waals surface area contributed by atoms with Gasteiger partial charge in [-0.25, -0.2) is 0 Å². The van der Waals surface area contributed by atoms with Crippen LogP contribution in [0.1, 0.15) is 89.0 Å². The molecule has 0 aliphatic heterocycles. The highest BCUT2D eigenvalue weighted by molar-refractivity contribution is 6.27. The quantitative estimate of drug-likeness (QED) is 0.162. The third kappa shape index (κ3) is 9.51. The summed E-state index contributed by atoms with van der Waals surface area (Å²) in [7, 11) is 0. The Labute approximate surface area is 786 Å². The van der Waals surface area contributed by atoms with Gasteiger partial charge >= 0.3 is 0 Å². The first kappa shape index (κ1) is 75.3. The molecule has 25 aromatic rings. The van der Waals surface area contributed by atoms with Crippen molar-refractivity contribution in [2.75, 3.05) is 4.90 Å². The van der Waals surface area contributed by atoms with Crippen LogP contribution in [0.4, 0.5) is 17.1 Å². The summed E-state index contributed by atoms with van der Waals surface area (Å²) in [6.07, 6.45) is 0. The largest absolute Gasteiger partial charge is 0.311 e. The summed E-state index contributed by atoms with van der Waals surface area (Å²) in [6, 6.07) is 187. The summed E-state index contributed by atoms with van der Waals surface area (Å²) in [5, 5.41) is 12.6. The van der Waals surface area contributed by atoms with Crippen LogP contribution < -0.4 is 4.90 Å². The van der Waals surface area contributed by atoms with E-state index in [4.69, 9.17) is 0 Å². The third-order valence-corrected chi connectivity index (χ3v) is 31.8. The highest BCUT2D eigenvalue weighted by atomic mass is 15.1. The van der Waals surface area contributed by atoms with Gasteiger partial charge in [-0.3, -0.25) is 0 Å². The molecule has 4 spiro atoms. The number of benzene rings is 22. The Balaban J connectivity index is 0.000000129. The van der Waals surface area contributed by atoms with Crippen molar-refractivity contribution in [1.82, 2.24) is 13.7 Å². The van der Waals surface area contributed by atoms with Crippen molar-refractivity contribution in [3.05, 3.63) is 586 Å². The van der Waals surface area contributed by atoms with Gasteiger partial charge in [-0.1, -0.05) is 400 Å². The van der Waals surface area contributed by atoms with E-state index in [-0.39, 0.29) is 0 Å². The fourth-order valence-corrected chi connectivity index (χ4v) is 27.0. The summed E-state index contributed by atoms with van der Waals surface area (Å²) in [6.45, 7) is 0. The zero-order chi connectivity index (χ0) is 88.9. The molecule has 4 nitrogen and oxygen atoms in total. The van der Waals surface area contributed by atoms with Gasteiger partial charge in [0.15, 0.2) is 0 Å². The van der Waals surface area contributed by atoms with Crippen LogP contribution in [-0.4, -0.2) is 13.7 Å². The maximum Gasteiger partial charge on any atom is 0.0720 e. The lowest BCUT2D eigenvalue weighted by molar-refractivity contribution is 0.633. The van der Waals surface area contributed by atoms with E-state index < -0.39 is 21.7 Å². The van der Waals surface area contributed by atoms with Gasteiger partial charge in [0.2, 0.25) is 0 Å². The molecule has 3 heterocycles. The van der Waals surface area contributed by atoms with Crippen LogP contribution in [-0.2, 0) is 21.7 Å². The molecule has 0 radical (unpaired) electrons. The third-order valence-electron chi connectivity index (χ3n) is 31.8. The van der Waals surface area contributed by atoms with Gasteiger partial charge in [0.25, 0.3) is 0 Å². The van der Waals surface area contributed by atoms with Crippen LogP contribution >= 0.6 is 0 Å². The molecule has 0 unspecified atom stereocenters. The average molecular weight is 1720 g/mol. The molecule has 0 atom stereocenters. The maximum absolute atomic E-state index is 2.60. The lowest BCUT2D eigenvalue weighted by atomic mass is 9.52. The SMILES string of the molecule is c1ccc(-n2c3ccccc3c3cc(-n4c5ccc6ccccc6c5c5ccc6c(c54)-c4ccccc4C64c5ccccc5C5(c6ccccc6-c6ccccc65)c5ccccc54)ccc32)cc1.c1ccc(N(c2ccccc2)c2ccc(-n3c4ccc5ccccc5c4c4ccc5c(c43)-c3ccccc3C53c4ccccc4C4(c5ccccc5-c5ccccc54)c4ccccc43)cc2)cc1. The van der Waals surface area contributed by atoms with Crippen molar-refractivity contribution >= 4 is 104 Å². The Morgan fingerprint density at radius 2 is 0.434 bits per heavy atom. The van der Waals surface area contributed by atoms with Crippen molar-refractivity contribution in [1.29, 1.82) is 0 Å². The molecule has 22 aromatic carbocycles. The van der Waals surface area contributed by atoms with Crippen molar-refractivity contribution < 1.29 is 0 Å². The van der Waals surface area contributed by atoms with E-state index in [0.717, 1.165) is 34.1 Å². The summed E-state index contributed by atoms with van der Waals surface area (Å²) >= 11 is 0. The van der Waals surface area contributed by atoms with Crippen molar-refractivity contribution in [3.8, 4) is 61.6 Å². The monoisotopic (exact) mass is 1720 g/mol. The van der Waals surface area contributed by atoms with E-state index in [1.165, 1.54) is 220 Å². The summed E-state index contributed by atoms with van der Waals surface area (Å²) < 4.78 is 7.58. The highest BCUT2D eigenvalue weighted by Gasteiger charge is 2.62. The van der Waals surface area contributed by atoms with E-state index in [1.54, 1.807) is 0 Å². The normalized spacial score (nSPS) is 14.3. The number of aromatic nitrogens is 3. The van der Waals surface area contributed by atoms with Crippen LogP contribution in [0.3, 0.4) is 0 Å². The van der Waals surface area contributed by atoms with E-state index >= 15 is 0 Å². The molecule has 0 N–H and O–H groups in total. The predicted molar refractivity (Wildman–Crippen MR) is 562 cm³/mol. The molecule has 0 amide bonds. The second kappa shape index (κ2) is 28.1. The minimum absolute atomic E-state index is 0.490.